The van der Waals surface area contributed by atoms with Crippen molar-refractivity contribution in [2.75, 3.05) is 25.1 Å². The van der Waals surface area contributed by atoms with E-state index in [1.165, 1.54) is 22.5 Å². The van der Waals surface area contributed by atoms with Crippen LogP contribution in [0.5, 0.6) is 0 Å². The van der Waals surface area contributed by atoms with Gasteiger partial charge in [0, 0.05) is 18.1 Å². The first-order valence-corrected chi connectivity index (χ1v) is 9.39. The Hall–Kier alpha value is -0.740. The van der Waals surface area contributed by atoms with Gasteiger partial charge in [0.15, 0.2) is 0 Å². The second-order valence-electron chi connectivity index (χ2n) is 4.73. The van der Waals surface area contributed by atoms with Gasteiger partial charge in [-0.2, -0.15) is 21.3 Å². The van der Waals surface area contributed by atoms with Crippen molar-refractivity contribution in [3.63, 3.8) is 0 Å². The summed E-state index contributed by atoms with van der Waals surface area (Å²) in [6.45, 7) is 1.04. The smallest absolute Gasteiger partial charge is 0.207 e. The molecule has 20 heavy (non-hydrogen) atoms. The molecule has 0 radical (unpaired) electrons. The monoisotopic (exact) mass is 330 g/mol. The number of nitrogens with zero attached hydrogens (tertiary/aromatic N) is 2. The van der Waals surface area contributed by atoms with Crippen molar-refractivity contribution in [3.05, 3.63) is 28.8 Å². The summed E-state index contributed by atoms with van der Waals surface area (Å²) in [5, 5.41) is 9.45. The van der Waals surface area contributed by atoms with Crippen LogP contribution >= 0.6 is 23.4 Å². The highest BCUT2D eigenvalue weighted by atomic mass is 35.5. The Morgan fingerprint density at radius 2 is 2.30 bits per heavy atom. The molecule has 4 nitrogen and oxygen atoms in total. The van der Waals surface area contributed by atoms with E-state index in [2.05, 4.69) is 0 Å². The fraction of sp³-hybridized carbons (Fsp3) is 0.462. The highest BCUT2D eigenvalue weighted by Gasteiger charge is 2.33. The summed E-state index contributed by atoms with van der Waals surface area (Å²) in [5.74, 6) is 1.34. The standard InChI is InChI=1S/C13H15ClN2O2S2/c1-19-9-10-4-5-16(8-10)20(17,18)13-3-2-12(14)6-11(13)7-15/h2-3,6,10H,4-5,8-9H2,1H3. The Labute approximate surface area is 128 Å². The lowest BCUT2D eigenvalue weighted by molar-refractivity contribution is 0.465. The molecule has 0 saturated carbocycles. The maximum Gasteiger partial charge on any atom is 0.244 e. The minimum Gasteiger partial charge on any atom is -0.207 e. The van der Waals surface area contributed by atoms with Crippen LogP contribution in [0.3, 0.4) is 0 Å². The third-order valence-electron chi connectivity index (χ3n) is 3.33. The van der Waals surface area contributed by atoms with E-state index < -0.39 is 10.0 Å². The van der Waals surface area contributed by atoms with E-state index >= 15 is 0 Å². The van der Waals surface area contributed by atoms with Gasteiger partial charge in [-0.25, -0.2) is 8.42 Å². The molecular formula is C13H15ClN2O2S2. The minimum atomic E-state index is -3.61. The summed E-state index contributed by atoms with van der Waals surface area (Å²) in [5.41, 5.74) is 0.103. The summed E-state index contributed by atoms with van der Waals surface area (Å²) in [6.07, 6.45) is 2.89. The molecule has 1 fully saturated rings. The minimum absolute atomic E-state index is 0.0502. The van der Waals surface area contributed by atoms with Crippen molar-refractivity contribution in [1.29, 1.82) is 5.26 Å². The van der Waals surface area contributed by atoms with Crippen LogP contribution in [0.4, 0.5) is 0 Å². The van der Waals surface area contributed by atoms with E-state index in [0.717, 1.165) is 12.2 Å². The van der Waals surface area contributed by atoms with E-state index in [9.17, 15) is 8.42 Å². The van der Waals surface area contributed by atoms with Crippen LogP contribution in [-0.2, 0) is 10.0 Å². The molecule has 0 bridgehead atoms. The Morgan fingerprint density at radius 1 is 1.55 bits per heavy atom. The number of benzene rings is 1. The first-order valence-electron chi connectivity index (χ1n) is 6.17. The van der Waals surface area contributed by atoms with Gasteiger partial charge in [0.2, 0.25) is 10.0 Å². The number of nitriles is 1. The Bertz CT molecular complexity index is 640. The third kappa shape index (κ3) is 3.12. The molecule has 0 amide bonds. The zero-order chi connectivity index (χ0) is 14.8. The number of hydrogen-bond acceptors (Lipinski definition) is 4. The van der Waals surface area contributed by atoms with Crippen LogP contribution in [0.2, 0.25) is 5.02 Å². The fourth-order valence-corrected chi connectivity index (χ4v) is 4.91. The van der Waals surface area contributed by atoms with Crippen molar-refractivity contribution in [2.24, 2.45) is 5.92 Å². The summed E-state index contributed by atoms with van der Waals surface area (Å²) < 4.78 is 26.7. The van der Waals surface area contributed by atoms with Crippen LogP contribution in [0.25, 0.3) is 0 Å². The van der Waals surface area contributed by atoms with Gasteiger partial charge < -0.3 is 0 Å². The number of rotatable bonds is 4. The maximum atomic E-state index is 12.6. The molecule has 108 valence electrons. The van der Waals surface area contributed by atoms with Crippen LogP contribution < -0.4 is 0 Å². The average molecular weight is 331 g/mol. The van der Waals surface area contributed by atoms with Crippen molar-refractivity contribution in [1.82, 2.24) is 4.31 Å². The van der Waals surface area contributed by atoms with Gasteiger partial charge in [0.25, 0.3) is 0 Å². The highest BCUT2D eigenvalue weighted by Crippen LogP contribution is 2.28. The van der Waals surface area contributed by atoms with Gasteiger partial charge >= 0.3 is 0 Å². The molecule has 1 atom stereocenters. The average Bonchev–Trinajstić information content (AvgIpc) is 2.88. The molecule has 1 aliphatic heterocycles. The van der Waals surface area contributed by atoms with Gasteiger partial charge in [-0.1, -0.05) is 11.6 Å². The fourth-order valence-electron chi connectivity index (χ4n) is 2.34. The summed E-state index contributed by atoms with van der Waals surface area (Å²) in [4.78, 5) is 0.0502. The molecular weight excluding hydrogens is 316 g/mol. The second kappa shape index (κ2) is 6.35. The van der Waals surface area contributed by atoms with E-state index in [-0.39, 0.29) is 10.5 Å². The Balaban J connectivity index is 2.30. The summed E-state index contributed by atoms with van der Waals surface area (Å²) in [7, 11) is -3.61. The topological polar surface area (TPSA) is 61.2 Å². The molecule has 1 aromatic rings. The molecule has 1 heterocycles. The van der Waals surface area contributed by atoms with Crippen LogP contribution in [0.1, 0.15) is 12.0 Å². The summed E-state index contributed by atoms with van der Waals surface area (Å²) >= 11 is 7.53. The van der Waals surface area contributed by atoms with Crippen LogP contribution in [0.15, 0.2) is 23.1 Å². The Morgan fingerprint density at radius 3 is 2.95 bits per heavy atom. The van der Waals surface area contributed by atoms with E-state index in [0.29, 0.717) is 24.0 Å². The van der Waals surface area contributed by atoms with E-state index in [1.54, 1.807) is 11.8 Å². The highest BCUT2D eigenvalue weighted by molar-refractivity contribution is 7.98. The largest absolute Gasteiger partial charge is 0.244 e. The normalized spacial score (nSPS) is 19.9. The summed E-state index contributed by atoms with van der Waals surface area (Å²) in [6, 6.07) is 6.22. The predicted molar refractivity (Wildman–Crippen MR) is 81.4 cm³/mol. The van der Waals surface area contributed by atoms with Crippen molar-refractivity contribution in [3.8, 4) is 6.07 Å². The molecule has 7 heteroatoms. The molecule has 0 aliphatic carbocycles. The zero-order valence-electron chi connectivity index (χ0n) is 11.0. The number of sulfonamides is 1. The van der Waals surface area contributed by atoms with Gasteiger partial charge in [0.1, 0.15) is 11.0 Å². The lowest BCUT2D eigenvalue weighted by atomic mass is 10.2. The van der Waals surface area contributed by atoms with Gasteiger partial charge in [-0.15, -0.1) is 0 Å². The van der Waals surface area contributed by atoms with Gasteiger partial charge in [0.05, 0.1) is 5.56 Å². The molecule has 0 spiro atoms. The first-order chi connectivity index (χ1) is 9.48. The predicted octanol–water partition coefficient (Wildman–Crippen LogP) is 2.59. The first kappa shape index (κ1) is 15.6. The number of halogens is 1. The van der Waals surface area contributed by atoms with Crippen molar-refractivity contribution < 1.29 is 8.42 Å². The van der Waals surface area contributed by atoms with Crippen LogP contribution in [0, 0.1) is 17.2 Å². The lowest BCUT2D eigenvalue weighted by Gasteiger charge is -2.17. The quantitative estimate of drug-likeness (QED) is 0.851. The molecule has 1 saturated heterocycles. The molecule has 0 N–H and O–H groups in total. The molecule has 0 aromatic heterocycles. The van der Waals surface area contributed by atoms with Crippen LogP contribution in [-0.4, -0.2) is 37.8 Å². The second-order valence-corrected chi connectivity index (χ2v) is 7.98. The lowest BCUT2D eigenvalue weighted by Crippen LogP contribution is -2.29. The van der Waals surface area contributed by atoms with Crippen molar-refractivity contribution in [2.45, 2.75) is 11.3 Å². The number of thioether (sulfide) groups is 1. The third-order valence-corrected chi connectivity index (χ3v) is 6.29. The van der Waals surface area contributed by atoms with Gasteiger partial charge in [-0.3, -0.25) is 0 Å². The molecule has 2 rings (SSSR count). The molecule has 1 aromatic carbocycles. The zero-order valence-corrected chi connectivity index (χ0v) is 13.4. The maximum absolute atomic E-state index is 12.6. The Kier molecular flexibility index (Phi) is 4.97. The van der Waals surface area contributed by atoms with Gasteiger partial charge in [-0.05, 0) is 42.5 Å². The van der Waals surface area contributed by atoms with E-state index in [4.69, 9.17) is 16.9 Å². The molecule has 1 unspecified atom stereocenters. The number of hydrogen-bond donors (Lipinski definition) is 0. The van der Waals surface area contributed by atoms with E-state index in [1.807, 2.05) is 12.3 Å². The molecule has 1 aliphatic rings. The SMILES string of the molecule is CSCC1CCN(S(=O)(=O)c2ccc(Cl)cc2C#N)C1. The van der Waals surface area contributed by atoms with Crippen molar-refractivity contribution >= 4 is 33.4 Å².